The second-order valence-corrected chi connectivity index (χ2v) is 9.29. The third-order valence-corrected chi connectivity index (χ3v) is 6.65. The number of hydrogen-bond acceptors (Lipinski definition) is 4. The van der Waals surface area contributed by atoms with Gasteiger partial charge in [0.15, 0.2) is 0 Å². The monoisotopic (exact) mass is 462 g/mol. The summed E-state index contributed by atoms with van der Waals surface area (Å²) in [6.07, 6.45) is 2.58. The molecule has 0 aromatic heterocycles. The lowest BCUT2D eigenvalue weighted by molar-refractivity contribution is -0.132. The van der Waals surface area contributed by atoms with Gasteiger partial charge in [0.05, 0.1) is 13.0 Å². The van der Waals surface area contributed by atoms with E-state index in [1.165, 1.54) is 5.56 Å². The molecule has 0 radical (unpaired) electrons. The van der Waals surface area contributed by atoms with E-state index in [-0.39, 0.29) is 17.7 Å². The van der Waals surface area contributed by atoms with Crippen LogP contribution in [0.3, 0.4) is 0 Å². The van der Waals surface area contributed by atoms with Crippen molar-refractivity contribution in [2.75, 3.05) is 45.8 Å². The van der Waals surface area contributed by atoms with E-state index in [0.29, 0.717) is 51.3 Å². The lowest BCUT2D eigenvalue weighted by atomic mass is 10.1. The molecule has 2 heterocycles. The fourth-order valence-electron chi connectivity index (χ4n) is 4.48. The number of likely N-dealkylation sites (tertiary alicyclic amines) is 1. The van der Waals surface area contributed by atoms with Gasteiger partial charge in [0.25, 0.3) is 5.91 Å². The minimum atomic E-state index is -0.0309. The van der Waals surface area contributed by atoms with Crippen molar-refractivity contribution >= 4 is 17.7 Å². The number of aryl methyl sites for hydroxylation is 1. The summed E-state index contributed by atoms with van der Waals surface area (Å²) >= 11 is 0. The summed E-state index contributed by atoms with van der Waals surface area (Å²) < 4.78 is 0. The molecular weight excluding hydrogens is 428 g/mol. The first-order chi connectivity index (χ1) is 16.5. The number of piperazine rings is 1. The molecule has 1 N–H and O–H groups in total. The molecule has 2 saturated heterocycles. The molecule has 2 aliphatic rings. The van der Waals surface area contributed by atoms with E-state index in [1.807, 2.05) is 65.3 Å². The van der Waals surface area contributed by atoms with Crippen LogP contribution in [-0.2, 0) is 22.6 Å². The lowest BCUT2D eigenvalue weighted by Gasteiger charge is -2.34. The van der Waals surface area contributed by atoms with Crippen LogP contribution in [0.1, 0.15) is 39.9 Å². The van der Waals surface area contributed by atoms with Gasteiger partial charge in [-0.05, 0) is 43.0 Å². The number of amides is 3. The van der Waals surface area contributed by atoms with E-state index < -0.39 is 0 Å². The van der Waals surface area contributed by atoms with Crippen molar-refractivity contribution < 1.29 is 14.4 Å². The van der Waals surface area contributed by atoms with Gasteiger partial charge in [0, 0.05) is 51.4 Å². The predicted octanol–water partition coefficient (Wildman–Crippen LogP) is 2.23. The average molecular weight is 463 g/mol. The normalized spacial score (nSPS) is 16.5. The topological polar surface area (TPSA) is 73.0 Å². The number of nitrogens with one attached hydrogen (secondary N) is 1. The predicted molar refractivity (Wildman–Crippen MR) is 131 cm³/mol. The number of nitrogens with zero attached hydrogens (tertiary/aromatic N) is 3. The maximum absolute atomic E-state index is 12.6. The van der Waals surface area contributed by atoms with Gasteiger partial charge in [-0.25, -0.2) is 0 Å². The Morgan fingerprint density at radius 2 is 1.38 bits per heavy atom. The molecule has 2 aromatic carbocycles. The molecule has 3 amide bonds. The molecule has 2 fully saturated rings. The molecule has 0 aliphatic carbocycles. The van der Waals surface area contributed by atoms with Gasteiger partial charge in [0.2, 0.25) is 11.8 Å². The third-order valence-electron chi connectivity index (χ3n) is 6.65. The summed E-state index contributed by atoms with van der Waals surface area (Å²) in [6, 6.07) is 15.6. The van der Waals surface area contributed by atoms with Gasteiger partial charge >= 0.3 is 0 Å². The maximum Gasteiger partial charge on any atom is 0.253 e. The summed E-state index contributed by atoms with van der Waals surface area (Å²) in [5, 5.41) is 2.96. The van der Waals surface area contributed by atoms with Crippen molar-refractivity contribution in [3.8, 4) is 0 Å². The SMILES string of the molecule is Cc1ccc(CC(=O)N2CCN(CC(=O)NCc3ccc(C(=O)N4CCCC4)cc3)CC2)cc1. The van der Waals surface area contributed by atoms with Crippen LogP contribution in [0, 0.1) is 6.92 Å². The second kappa shape index (κ2) is 11.3. The Kier molecular flexibility index (Phi) is 7.95. The van der Waals surface area contributed by atoms with Gasteiger partial charge in [-0.3, -0.25) is 19.3 Å². The Hall–Kier alpha value is -3.19. The number of carbonyl (C=O) groups excluding carboxylic acids is 3. The summed E-state index contributed by atoms with van der Waals surface area (Å²) in [6.45, 7) is 7.15. The Morgan fingerprint density at radius 3 is 2.03 bits per heavy atom. The smallest absolute Gasteiger partial charge is 0.253 e. The Bertz CT molecular complexity index is 990. The largest absolute Gasteiger partial charge is 0.351 e. The zero-order valence-electron chi connectivity index (χ0n) is 20.0. The van der Waals surface area contributed by atoms with Crippen molar-refractivity contribution in [3.63, 3.8) is 0 Å². The van der Waals surface area contributed by atoms with E-state index >= 15 is 0 Å². The molecule has 180 valence electrons. The van der Waals surface area contributed by atoms with Crippen molar-refractivity contribution in [3.05, 3.63) is 70.8 Å². The Labute approximate surface area is 201 Å². The minimum Gasteiger partial charge on any atom is -0.351 e. The summed E-state index contributed by atoms with van der Waals surface area (Å²) in [5.74, 6) is 0.195. The van der Waals surface area contributed by atoms with Crippen molar-refractivity contribution in [1.82, 2.24) is 20.0 Å². The highest BCUT2D eigenvalue weighted by Crippen LogP contribution is 2.14. The van der Waals surface area contributed by atoms with Crippen molar-refractivity contribution in [2.45, 2.75) is 32.7 Å². The standard InChI is InChI=1S/C27H34N4O3/c1-21-4-6-22(7-5-21)18-26(33)30-16-14-29(15-17-30)20-25(32)28-19-23-8-10-24(11-9-23)27(34)31-12-2-3-13-31/h4-11H,2-3,12-20H2,1H3,(H,28,32). The zero-order chi connectivity index (χ0) is 23.9. The highest BCUT2D eigenvalue weighted by atomic mass is 16.2. The van der Waals surface area contributed by atoms with Crippen LogP contribution in [-0.4, -0.2) is 78.2 Å². The van der Waals surface area contributed by atoms with Crippen LogP contribution in [0.15, 0.2) is 48.5 Å². The molecule has 0 bridgehead atoms. The third kappa shape index (κ3) is 6.44. The molecule has 0 atom stereocenters. The molecule has 0 saturated carbocycles. The van der Waals surface area contributed by atoms with E-state index in [9.17, 15) is 14.4 Å². The van der Waals surface area contributed by atoms with Crippen LogP contribution >= 0.6 is 0 Å². The quantitative estimate of drug-likeness (QED) is 0.685. The Balaban J connectivity index is 1.16. The highest BCUT2D eigenvalue weighted by Gasteiger charge is 2.23. The van der Waals surface area contributed by atoms with Crippen molar-refractivity contribution in [2.24, 2.45) is 0 Å². The molecule has 34 heavy (non-hydrogen) atoms. The molecule has 0 unspecified atom stereocenters. The number of rotatable bonds is 7. The first-order valence-corrected chi connectivity index (χ1v) is 12.2. The lowest BCUT2D eigenvalue weighted by Crippen LogP contribution is -2.51. The molecule has 7 nitrogen and oxygen atoms in total. The number of benzene rings is 2. The second-order valence-electron chi connectivity index (χ2n) is 9.29. The fraction of sp³-hybridized carbons (Fsp3) is 0.444. The molecule has 2 aromatic rings. The van der Waals surface area contributed by atoms with Gasteiger partial charge in [-0.2, -0.15) is 0 Å². The number of carbonyl (C=O) groups is 3. The van der Waals surface area contributed by atoms with Crippen LogP contribution in [0.5, 0.6) is 0 Å². The summed E-state index contributed by atoms with van der Waals surface area (Å²) in [4.78, 5) is 43.3. The first-order valence-electron chi connectivity index (χ1n) is 12.2. The van der Waals surface area contributed by atoms with Crippen molar-refractivity contribution in [1.29, 1.82) is 0 Å². The van der Waals surface area contributed by atoms with E-state index in [0.717, 1.165) is 37.1 Å². The minimum absolute atomic E-state index is 0.0309. The van der Waals surface area contributed by atoms with Gasteiger partial charge < -0.3 is 15.1 Å². The van der Waals surface area contributed by atoms with Crippen LogP contribution in [0.2, 0.25) is 0 Å². The van der Waals surface area contributed by atoms with Crippen LogP contribution in [0.25, 0.3) is 0 Å². The van der Waals surface area contributed by atoms with E-state index in [1.54, 1.807) is 0 Å². The van der Waals surface area contributed by atoms with E-state index in [4.69, 9.17) is 0 Å². The van der Waals surface area contributed by atoms with Gasteiger partial charge in [0.1, 0.15) is 0 Å². The average Bonchev–Trinajstić information content (AvgIpc) is 3.40. The number of hydrogen-bond donors (Lipinski definition) is 1. The summed E-state index contributed by atoms with van der Waals surface area (Å²) in [7, 11) is 0. The van der Waals surface area contributed by atoms with Crippen LogP contribution in [0.4, 0.5) is 0 Å². The van der Waals surface area contributed by atoms with Gasteiger partial charge in [-0.1, -0.05) is 42.0 Å². The Morgan fingerprint density at radius 1 is 0.765 bits per heavy atom. The summed E-state index contributed by atoms with van der Waals surface area (Å²) in [5.41, 5.74) is 3.89. The molecule has 7 heteroatoms. The molecule has 4 rings (SSSR count). The molecule has 2 aliphatic heterocycles. The van der Waals surface area contributed by atoms with Crippen LogP contribution < -0.4 is 5.32 Å². The molecular formula is C27H34N4O3. The maximum atomic E-state index is 12.6. The zero-order valence-corrected chi connectivity index (χ0v) is 20.0. The highest BCUT2D eigenvalue weighted by molar-refractivity contribution is 5.94. The fourth-order valence-corrected chi connectivity index (χ4v) is 4.48. The van der Waals surface area contributed by atoms with E-state index in [2.05, 4.69) is 10.2 Å². The molecule has 0 spiro atoms. The van der Waals surface area contributed by atoms with Gasteiger partial charge in [-0.15, -0.1) is 0 Å². The first kappa shape index (κ1) is 24.0.